The highest BCUT2D eigenvalue weighted by atomic mass is 16.2. The molecule has 0 saturated carbocycles. The second-order valence-corrected chi connectivity index (χ2v) is 6.66. The van der Waals surface area contributed by atoms with E-state index in [9.17, 15) is 4.79 Å². The fraction of sp³-hybridized carbons (Fsp3) is 0.933. The number of nitrogens with one attached hydrogen (secondary N) is 1. The predicted octanol–water partition coefficient (Wildman–Crippen LogP) is 1.74. The van der Waals surface area contributed by atoms with Gasteiger partial charge >= 0.3 is 0 Å². The molecule has 1 amide bonds. The molecule has 0 aromatic heterocycles. The molecule has 1 aliphatic heterocycles. The first-order chi connectivity index (χ1) is 8.80. The third kappa shape index (κ3) is 4.46. The molecule has 1 fully saturated rings. The van der Waals surface area contributed by atoms with Crippen LogP contribution in [0.5, 0.6) is 0 Å². The Morgan fingerprint density at radius 1 is 1.53 bits per heavy atom. The minimum absolute atomic E-state index is 0.0909. The number of nitrogens with zero attached hydrogens (tertiary/aromatic N) is 1. The summed E-state index contributed by atoms with van der Waals surface area (Å²) in [4.78, 5) is 14.6. The van der Waals surface area contributed by atoms with Gasteiger partial charge in [0.25, 0.3) is 0 Å². The molecule has 0 aromatic carbocycles. The van der Waals surface area contributed by atoms with Crippen LogP contribution in [0.15, 0.2) is 0 Å². The van der Waals surface area contributed by atoms with Crippen LogP contribution in [0.4, 0.5) is 0 Å². The van der Waals surface area contributed by atoms with E-state index < -0.39 is 0 Å². The van der Waals surface area contributed by atoms with Gasteiger partial charge in [0.2, 0.25) is 5.91 Å². The molecule has 112 valence electrons. The van der Waals surface area contributed by atoms with E-state index in [0.717, 1.165) is 25.8 Å². The van der Waals surface area contributed by atoms with Gasteiger partial charge in [0.15, 0.2) is 0 Å². The highest BCUT2D eigenvalue weighted by molar-refractivity contribution is 5.82. The van der Waals surface area contributed by atoms with Gasteiger partial charge in [0.1, 0.15) is 0 Å². The summed E-state index contributed by atoms with van der Waals surface area (Å²) in [5, 5.41) is 3.14. The highest BCUT2D eigenvalue weighted by Gasteiger charge is 2.33. The zero-order valence-corrected chi connectivity index (χ0v) is 13.2. The first-order valence-electron chi connectivity index (χ1n) is 7.58. The SMILES string of the molecule is CCC(C)(C)NC(=O)C(C)N1CCC(C)CC1CN. The average molecular weight is 269 g/mol. The Morgan fingerprint density at radius 2 is 2.16 bits per heavy atom. The number of nitrogens with two attached hydrogens (primary N) is 1. The van der Waals surface area contributed by atoms with E-state index >= 15 is 0 Å². The lowest BCUT2D eigenvalue weighted by Gasteiger charge is -2.41. The molecule has 4 nitrogen and oxygen atoms in total. The zero-order chi connectivity index (χ0) is 14.6. The van der Waals surface area contributed by atoms with Crippen molar-refractivity contribution in [2.45, 2.75) is 71.5 Å². The van der Waals surface area contributed by atoms with Gasteiger partial charge in [0, 0.05) is 18.1 Å². The molecule has 0 radical (unpaired) electrons. The molecule has 1 rings (SSSR count). The summed E-state index contributed by atoms with van der Waals surface area (Å²) >= 11 is 0. The lowest BCUT2D eigenvalue weighted by molar-refractivity contribution is -0.129. The average Bonchev–Trinajstić information content (AvgIpc) is 2.37. The van der Waals surface area contributed by atoms with Gasteiger partial charge < -0.3 is 11.1 Å². The fourth-order valence-electron chi connectivity index (χ4n) is 2.69. The van der Waals surface area contributed by atoms with Crippen molar-refractivity contribution in [1.29, 1.82) is 0 Å². The van der Waals surface area contributed by atoms with E-state index in [2.05, 4.69) is 37.9 Å². The Balaban J connectivity index is 2.65. The number of piperidine rings is 1. The quantitative estimate of drug-likeness (QED) is 0.799. The van der Waals surface area contributed by atoms with Gasteiger partial charge in [-0.2, -0.15) is 0 Å². The maximum absolute atomic E-state index is 12.4. The number of carbonyl (C=O) groups is 1. The molecule has 3 N–H and O–H groups in total. The van der Waals surface area contributed by atoms with Crippen LogP contribution in [0.3, 0.4) is 0 Å². The largest absolute Gasteiger partial charge is 0.350 e. The van der Waals surface area contributed by atoms with Crippen LogP contribution in [0.25, 0.3) is 0 Å². The lowest BCUT2D eigenvalue weighted by atomic mass is 9.91. The zero-order valence-electron chi connectivity index (χ0n) is 13.2. The Bertz CT molecular complexity index is 304. The van der Waals surface area contributed by atoms with Crippen LogP contribution in [-0.4, -0.2) is 41.5 Å². The van der Waals surface area contributed by atoms with Crippen LogP contribution >= 0.6 is 0 Å². The van der Waals surface area contributed by atoms with Crippen LogP contribution in [0, 0.1) is 5.92 Å². The highest BCUT2D eigenvalue weighted by Crippen LogP contribution is 2.24. The topological polar surface area (TPSA) is 58.4 Å². The molecular formula is C15H31N3O. The summed E-state index contributed by atoms with van der Waals surface area (Å²) in [7, 11) is 0. The molecule has 0 bridgehead atoms. The molecule has 1 aliphatic rings. The van der Waals surface area contributed by atoms with E-state index in [1.165, 1.54) is 0 Å². The Morgan fingerprint density at radius 3 is 2.68 bits per heavy atom. The minimum Gasteiger partial charge on any atom is -0.350 e. The number of likely N-dealkylation sites (tertiary alicyclic amines) is 1. The van der Waals surface area contributed by atoms with Gasteiger partial charge in [-0.25, -0.2) is 0 Å². The molecular weight excluding hydrogens is 238 g/mol. The molecule has 3 atom stereocenters. The maximum atomic E-state index is 12.4. The normalized spacial score (nSPS) is 27.1. The minimum atomic E-state index is -0.132. The number of amides is 1. The molecule has 0 aromatic rings. The smallest absolute Gasteiger partial charge is 0.237 e. The summed E-state index contributed by atoms with van der Waals surface area (Å²) in [5.41, 5.74) is 5.74. The van der Waals surface area contributed by atoms with Crippen LogP contribution < -0.4 is 11.1 Å². The van der Waals surface area contributed by atoms with Gasteiger partial charge in [-0.05, 0) is 52.5 Å². The number of hydrogen-bond acceptors (Lipinski definition) is 3. The summed E-state index contributed by atoms with van der Waals surface area (Å²) in [6.45, 7) is 12.1. The van der Waals surface area contributed by atoms with Crippen molar-refractivity contribution in [3.05, 3.63) is 0 Å². The fourth-order valence-corrected chi connectivity index (χ4v) is 2.69. The number of hydrogen-bond donors (Lipinski definition) is 2. The van der Waals surface area contributed by atoms with E-state index in [0.29, 0.717) is 18.5 Å². The molecule has 19 heavy (non-hydrogen) atoms. The van der Waals surface area contributed by atoms with Crippen molar-refractivity contribution in [3.63, 3.8) is 0 Å². The van der Waals surface area contributed by atoms with Crippen molar-refractivity contribution in [2.75, 3.05) is 13.1 Å². The molecule has 0 spiro atoms. The Hall–Kier alpha value is -0.610. The van der Waals surface area contributed by atoms with Crippen molar-refractivity contribution in [1.82, 2.24) is 10.2 Å². The molecule has 4 heteroatoms. The van der Waals surface area contributed by atoms with Crippen molar-refractivity contribution < 1.29 is 4.79 Å². The first-order valence-corrected chi connectivity index (χ1v) is 7.58. The summed E-state index contributed by atoms with van der Waals surface area (Å²) < 4.78 is 0. The third-order valence-electron chi connectivity index (χ3n) is 4.52. The number of rotatable bonds is 5. The third-order valence-corrected chi connectivity index (χ3v) is 4.52. The van der Waals surface area contributed by atoms with Gasteiger partial charge in [-0.1, -0.05) is 13.8 Å². The van der Waals surface area contributed by atoms with Crippen LogP contribution in [-0.2, 0) is 4.79 Å². The van der Waals surface area contributed by atoms with E-state index in [1.54, 1.807) is 0 Å². The van der Waals surface area contributed by atoms with E-state index in [4.69, 9.17) is 5.73 Å². The summed E-state index contributed by atoms with van der Waals surface area (Å²) in [5.74, 6) is 0.840. The Kier molecular flexibility index (Phi) is 5.81. The van der Waals surface area contributed by atoms with Crippen molar-refractivity contribution >= 4 is 5.91 Å². The van der Waals surface area contributed by atoms with Gasteiger partial charge in [0.05, 0.1) is 6.04 Å². The molecule has 1 saturated heterocycles. The van der Waals surface area contributed by atoms with Gasteiger partial charge in [-0.3, -0.25) is 9.69 Å². The Labute approximate surface area is 118 Å². The summed E-state index contributed by atoms with van der Waals surface area (Å²) in [6, 6.07) is 0.251. The van der Waals surface area contributed by atoms with Crippen molar-refractivity contribution in [3.8, 4) is 0 Å². The monoisotopic (exact) mass is 269 g/mol. The number of carbonyl (C=O) groups excluding carboxylic acids is 1. The van der Waals surface area contributed by atoms with Gasteiger partial charge in [-0.15, -0.1) is 0 Å². The second kappa shape index (κ2) is 6.71. The first kappa shape index (κ1) is 16.4. The molecule has 0 aliphatic carbocycles. The maximum Gasteiger partial charge on any atom is 0.237 e. The standard InChI is InChI=1S/C15H31N3O/c1-6-15(4,5)17-14(19)12(3)18-8-7-11(2)9-13(18)10-16/h11-13H,6-10,16H2,1-5H3,(H,17,19). The van der Waals surface area contributed by atoms with Crippen LogP contribution in [0.1, 0.15) is 53.9 Å². The van der Waals surface area contributed by atoms with Crippen LogP contribution in [0.2, 0.25) is 0 Å². The lowest BCUT2D eigenvalue weighted by Crippen LogP contribution is -2.57. The molecule has 3 unspecified atom stereocenters. The van der Waals surface area contributed by atoms with Crippen molar-refractivity contribution in [2.24, 2.45) is 11.7 Å². The van der Waals surface area contributed by atoms with E-state index in [1.807, 2.05) is 6.92 Å². The second-order valence-electron chi connectivity index (χ2n) is 6.66. The molecule has 1 heterocycles. The predicted molar refractivity (Wildman–Crippen MR) is 79.9 cm³/mol. The summed E-state index contributed by atoms with van der Waals surface area (Å²) in [6.07, 6.45) is 3.19. The van der Waals surface area contributed by atoms with E-state index in [-0.39, 0.29) is 17.5 Å².